The quantitative estimate of drug-likeness (QED) is 0.551. The summed E-state index contributed by atoms with van der Waals surface area (Å²) in [7, 11) is 0. The molecule has 0 bridgehead atoms. The van der Waals surface area contributed by atoms with Crippen molar-refractivity contribution in [1.82, 2.24) is 4.90 Å². The number of nitrogens with zero attached hydrogens (tertiary/aromatic N) is 1. The molecule has 0 radical (unpaired) electrons. The van der Waals surface area contributed by atoms with Crippen LogP contribution in [0.1, 0.15) is 44.9 Å². The van der Waals surface area contributed by atoms with E-state index in [9.17, 15) is 0 Å². The molecule has 0 amide bonds. The highest BCUT2D eigenvalue weighted by molar-refractivity contribution is 5.76. The fourth-order valence-electron chi connectivity index (χ4n) is 3.27. The molecule has 0 aromatic carbocycles. The zero-order valence-corrected chi connectivity index (χ0v) is 9.54. The first kappa shape index (κ1) is 10.9. The molecule has 3 nitrogen and oxygen atoms in total. The van der Waals surface area contributed by atoms with Gasteiger partial charge in [-0.2, -0.15) is 0 Å². The Morgan fingerprint density at radius 2 is 1.93 bits per heavy atom. The zero-order chi connectivity index (χ0) is 10.7. The first-order chi connectivity index (χ1) is 7.27. The van der Waals surface area contributed by atoms with E-state index in [1.54, 1.807) is 0 Å². The number of rotatable bonds is 3. The van der Waals surface area contributed by atoms with E-state index < -0.39 is 0 Å². The van der Waals surface area contributed by atoms with Gasteiger partial charge in [0.15, 0.2) is 0 Å². The average molecular weight is 209 g/mol. The van der Waals surface area contributed by atoms with Gasteiger partial charge in [-0.15, -0.1) is 0 Å². The molecule has 2 unspecified atom stereocenters. The van der Waals surface area contributed by atoms with E-state index in [4.69, 9.17) is 11.1 Å². The van der Waals surface area contributed by atoms with Gasteiger partial charge in [0, 0.05) is 19.0 Å². The lowest BCUT2D eigenvalue weighted by molar-refractivity contribution is 0.0633. The molecule has 2 rings (SSSR count). The van der Waals surface area contributed by atoms with Crippen molar-refractivity contribution in [1.29, 1.82) is 5.41 Å². The van der Waals surface area contributed by atoms with E-state index in [0.29, 0.717) is 5.84 Å². The van der Waals surface area contributed by atoms with Crippen LogP contribution >= 0.6 is 0 Å². The third-order valence-corrected chi connectivity index (χ3v) is 4.03. The van der Waals surface area contributed by atoms with Crippen LogP contribution in [0.15, 0.2) is 0 Å². The van der Waals surface area contributed by atoms with E-state index in [1.807, 2.05) is 0 Å². The van der Waals surface area contributed by atoms with E-state index in [0.717, 1.165) is 24.9 Å². The van der Waals surface area contributed by atoms with E-state index in [1.165, 1.54) is 45.1 Å². The minimum absolute atomic E-state index is 0.341. The van der Waals surface area contributed by atoms with Crippen LogP contribution in [0.3, 0.4) is 0 Å². The monoisotopic (exact) mass is 209 g/mol. The third kappa shape index (κ3) is 2.71. The Bertz CT molecular complexity index is 225. The summed E-state index contributed by atoms with van der Waals surface area (Å²) in [5.74, 6) is 1.28. The minimum Gasteiger partial charge on any atom is -0.388 e. The molecule has 0 aromatic heterocycles. The maximum atomic E-state index is 7.30. The Labute approximate surface area is 92.5 Å². The van der Waals surface area contributed by atoms with Crippen LogP contribution in [0.5, 0.6) is 0 Å². The predicted molar refractivity (Wildman–Crippen MR) is 63.1 cm³/mol. The third-order valence-electron chi connectivity index (χ3n) is 4.03. The molecule has 0 aromatic rings. The van der Waals surface area contributed by atoms with E-state index in [2.05, 4.69) is 4.90 Å². The highest BCUT2D eigenvalue weighted by Gasteiger charge is 2.32. The SMILES string of the molecule is N=C(N)CCN1CCCC2CCCCC21. The first-order valence-corrected chi connectivity index (χ1v) is 6.34. The lowest BCUT2D eigenvalue weighted by atomic mass is 9.78. The van der Waals surface area contributed by atoms with Gasteiger partial charge in [0.05, 0.1) is 5.84 Å². The van der Waals surface area contributed by atoms with Gasteiger partial charge in [-0.3, -0.25) is 10.3 Å². The smallest absolute Gasteiger partial charge is 0.0918 e. The fraction of sp³-hybridized carbons (Fsp3) is 0.917. The molecule has 0 spiro atoms. The molecule has 1 saturated heterocycles. The van der Waals surface area contributed by atoms with Crippen LogP contribution in [0, 0.1) is 11.3 Å². The van der Waals surface area contributed by atoms with E-state index in [-0.39, 0.29) is 0 Å². The molecule has 1 aliphatic heterocycles. The fourth-order valence-corrected chi connectivity index (χ4v) is 3.27. The molecule has 3 N–H and O–H groups in total. The molecule has 1 heterocycles. The van der Waals surface area contributed by atoms with Gasteiger partial charge in [-0.1, -0.05) is 12.8 Å². The molecule has 1 saturated carbocycles. The summed E-state index contributed by atoms with van der Waals surface area (Å²) < 4.78 is 0. The zero-order valence-electron chi connectivity index (χ0n) is 9.54. The van der Waals surface area contributed by atoms with Crippen molar-refractivity contribution in [3.05, 3.63) is 0 Å². The number of hydrogen-bond acceptors (Lipinski definition) is 2. The molecule has 86 valence electrons. The first-order valence-electron chi connectivity index (χ1n) is 6.34. The minimum atomic E-state index is 0.341. The molecule has 2 aliphatic rings. The molecule has 3 heteroatoms. The molecular formula is C12H23N3. The van der Waals surface area contributed by atoms with Gasteiger partial charge in [0.2, 0.25) is 0 Å². The molecule has 2 fully saturated rings. The lowest BCUT2D eigenvalue weighted by Crippen LogP contribution is -2.47. The number of likely N-dealkylation sites (tertiary alicyclic amines) is 1. The van der Waals surface area contributed by atoms with Crippen molar-refractivity contribution in [3.8, 4) is 0 Å². The van der Waals surface area contributed by atoms with Crippen LogP contribution in [0.2, 0.25) is 0 Å². The summed E-state index contributed by atoms with van der Waals surface area (Å²) in [6.07, 6.45) is 9.17. The highest BCUT2D eigenvalue weighted by atomic mass is 15.2. The van der Waals surface area contributed by atoms with Crippen molar-refractivity contribution in [2.24, 2.45) is 11.7 Å². The van der Waals surface area contributed by atoms with Crippen LogP contribution < -0.4 is 5.73 Å². The maximum Gasteiger partial charge on any atom is 0.0918 e. The number of nitrogens with one attached hydrogen (secondary N) is 1. The Morgan fingerprint density at radius 3 is 2.73 bits per heavy atom. The van der Waals surface area contributed by atoms with Gasteiger partial charge in [-0.25, -0.2) is 0 Å². The van der Waals surface area contributed by atoms with Gasteiger partial charge >= 0.3 is 0 Å². The van der Waals surface area contributed by atoms with Crippen LogP contribution in [0.25, 0.3) is 0 Å². The summed E-state index contributed by atoms with van der Waals surface area (Å²) in [6, 6.07) is 0.812. The number of amidine groups is 1. The summed E-state index contributed by atoms with van der Waals surface area (Å²) in [4.78, 5) is 2.59. The maximum absolute atomic E-state index is 7.30. The summed E-state index contributed by atoms with van der Waals surface area (Å²) >= 11 is 0. The molecule has 15 heavy (non-hydrogen) atoms. The van der Waals surface area contributed by atoms with Crippen molar-refractivity contribution in [2.75, 3.05) is 13.1 Å². The van der Waals surface area contributed by atoms with Crippen molar-refractivity contribution in [3.63, 3.8) is 0 Å². The molecule has 2 atom stereocenters. The second-order valence-electron chi connectivity index (χ2n) is 5.07. The van der Waals surface area contributed by atoms with Gasteiger partial charge in [0.25, 0.3) is 0 Å². The summed E-state index contributed by atoms with van der Waals surface area (Å²) in [5.41, 5.74) is 5.43. The Hall–Kier alpha value is -0.570. The lowest BCUT2D eigenvalue weighted by Gasteiger charge is -2.44. The topological polar surface area (TPSA) is 53.1 Å². The van der Waals surface area contributed by atoms with Gasteiger partial charge in [-0.05, 0) is 38.1 Å². The second-order valence-corrected chi connectivity index (χ2v) is 5.07. The molecular weight excluding hydrogens is 186 g/mol. The number of nitrogens with two attached hydrogens (primary N) is 1. The van der Waals surface area contributed by atoms with Gasteiger partial charge < -0.3 is 5.73 Å². The summed E-state index contributed by atoms with van der Waals surface area (Å²) in [6.45, 7) is 2.24. The second kappa shape index (κ2) is 4.97. The number of fused-ring (bicyclic) bond motifs is 1. The van der Waals surface area contributed by atoms with Crippen LogP contribution in [-0.4, -0.2) is 29.9 Å². The van der Waals surface area contributed by atoms with Crippen molar-refractivity contribution >= 4 is 5.84 Å². The largest absolute Gasteiger partial charge is 0.388 e. The Morgan fingerprint density at radius 1 is 1.20 bits per heavy atom. The van der Waals surface area contributed by atoms with E-state index >= 15 is 0 Å². The van der Waals surface area contributed by atoms with Crippen LogP contribution in [0.4, 0.5) is 0 Å². The Kier molecular flexibility index (Phi) is 3.62. The summed E-state index contributed by atoms with van der Waals surface area (Å²) in [5, 5.41) is 7.30. The Balaban J connectivity index is 1.88. The highest BCUT2D eigenvalue weighted by Crippen LogP contribution is 2.35. The predicted octanol–water partition coefficient (Wildman–Crippen LogP) is 1.97. The standard InChI is InChI=1S/C12H23N3/c13-12(14)7-9-15-8-3-5-10-4-1-2-6-11(10)15/h10-11H,1-9H2,(H3,13,14). The number of piperidine rings is 1. The van der Waals surface area contributed by atoms with Crippen molar-refractivity contribution in [2.45, 2.75) is 51.0 Å². The average Bonchev–Trinajstić information content (AvgIpc) is 2.26. The normalized spacial score (nSPS) is 32.3. The van der Waals surface area contributed by atoms with Crippen molar-refractivity contribution < 1.29 is 0 Å². The van der Waals surface area contributed by atoms with Crippen LogP contribution in [-0.2, 0) is 0 Å². The molecule has 1 aliphatic carbocycles. The number of hydrogen-bond donors (Lipinski definition) is 2. The van der Waals surface area contributed by atoms with Gasteiger partial charge in [0.1, 0.15) is 0 Å².